The van der Waals surface area contributed by atoms with Crippen LogP contribution < -0.4 is 0 Å². The van der Waals surface area contributed by atoms with Crippen LogP contribution in [0.5, 0.6) is 0 Å². The van der Waals surface area contributed by atoms with Crippen LogP contribution in [-0.2, 0) is 10.6 Å². The summed E-state index contributed by atoms with van der Waals surface area (Å²) in [6.07, 6.45) is 0. The summed E-state index contributed by atoms with van der Waals surface area (Å²) in [5, 5.41) is 8.90. The molecule has 1 aromatic rings. The van der Waals surface area contributed by atoms with Crippen molar-refractivity contribution in [3.63, 3.8) is 0 Å². The average Bonchev–Trinajstić information content (AvgIpc) is 2.28. The van der Waals surface area contributed by atoms with Crippen molar-refractivity contribution in [2.75, 3.05) is 6.61 Å². The summed E-state index contributed by atoms with van der Waals surface area (Å²) in [5.41, 5.74) is 1.13. The first-order chi connectivity index (χ1) is 7.65. The molecule has 0 aliphatic heterocycles. The molecule has 0 amide bonds. The molecule has 0 bridgehead atoms. The third-order valence-electron chi connectivity index (χ3n) is 2.01. The summed E-state index contributed by atoms with van der Waals surface area (Å²) in [6, 6.07) is 5.16. The van der Waals surface area contributed by atoms with Crippen LogP contribution in [0.2, 0.25) is 0 Å². The highest BCUT2D eigenvalue weighted by Crippen LogP contribution is 2.25. The largest absolute Gasteiger partial charge is 0.462 e. The summed E-state index contributed by atoms with van der Waals surface area (Å²) in [4.78, 5) is 12.1. The first-order valence-electron chi connectivity index (χ1n) is 4.63. The van der Waals surface area contributed by atoms with Crippen molar-refractivity contribution in [3.05, 3.63) is 28.8 Å². The zero-order valence-electron chi connectivity index (χ0n) is 8.66. The minimum Gasteiger partial charge on any atom is -0.462 e. The van der Waals surface area contributed by atoms with Crippen molar-refractivity contribution in [3.8, 4) is 6.07 Å². The molecule has 0 N–H and O–H groups in total. The summed E-state index contributed by atoms with van der Waals surface area (Å²) in [6.45, 7) is 1.95. The molecule has 0 unspecified atom stereocenters. The zero-order chi connectivity index (χ0) is 12.1. The second kappa shape index (κ2) is 5.78. The minimum atomic E-state index is -0.545. The Balaban J connectivity index is 3.33. The maximum absolute atomic E-state index is 11.6. The van der Waals surface area contributed by atoms with Gasteiger partial charge in [0.25, 0.3) is 0 Å². The molecule has 0 saturated heterocycles. The molecule has 0 aromatic heterocycles. The molecule has 16 heavy (non-hydrogen) atoms. The number of nitrogens with zero attached hydrogens (tertiary/aromatic N) is 1. The van der Waals surface area contributed by atoms with E-state index in [0.717, 1.165) is 0 Å². The molecule has 0 radical (unpaired) electrons. The number of esters is 1. The monoisotopic (exact) mass is 255 g/mol. The van der Waals surface area contributed by atoms with Gasteiger partial charge in [0, 0.05) is 10.8 Å². The lowest BCUT2D eigenvalue weighted by atomic mass is 10.1. The van der Waals surface area contributed by atoms with Crippen LogP contribution in [0.15, 0.2) is 17.0 Å². The van der Waals surface area contributed by atoms with Gasteiger partial charge in [0.1, 0.15) is 6.07 Å². The third kappa shape index (κ3) is 2.49. The molecule has 0 heterocycles. The fraction of sp³-hybridized carbons (Fsp3) is 0.273. The van der Waals surface area contributed by atoms with Crippen molar-refractivity contribution in [1.82, 2.24) is 0 Å². The van der Waals surface area contributed by atoms with Gasteiger partial charge in [0.2, 0.25) is 0 Å². The number of thiol groups is 1. The zero-order valence-corrected chi connectivity index (χ0v) is 10.3. The maximum Gasteiger partial charge on any atom is 0.340 e. The van der Waals surface area contributed by atoms with Crippen LogP contribution in [0.4, 0.5) is 0 Å². The van der Waals surface area contributed by atoms with E-state index >= 15 is 0 Å². The fourth-order valence-electron chi connectivity index (χ4n) is 1.25. The molecule has 0 spiro atoms. The molecule has 0 saturated carbocycles. The Hall–Kier alpha value is -1.18. The van der Waals surface area contributed by atoms with Crippen LogP contribution in [0.1, 0.15) is 28.4 Å². The van der Waals surface area contributed by atoms with E-state index in [0.29, 0.717) is 10.5 Å². The highest BCUT2D eigenvalue weighted by molar-refractivity contribution is 7.80. The molecule has 84 valence electrons. The second-order valence-electron chi connectivity index (χ2n) is 2.96. The van der Waals surface area contributed by atoms with Gasteiger partial charge in [-0.15, -0.1) is 24.2 Å². The smallest absolute Gasteiger partial charge is 0.340 e. The fourth-order valence-corrected chi connectivity index (χ4v) is 1.93. The average molecular weight is 256 g/mol. The number of nitriles is 1. The van der Waals surface area contributed by atoms with Crippen LogP contribution in [0.25, 0.3) is 0 Å². The lowest BCUT2D eigenvalue weighted by Crippen LogP contribution is -2.09. The van der Waals surface area contributed by atoms with Gasteiger partial charge >= 0.3 is 5.97 Å². The predicted octanol–water partition coefficient (Wildman–Crippen LogP) is 2.76. The number of hydrogen-bond acceptors (Lipinski definition) is 4. The standard InChI is InChI=1S/C11H10ClNO2S/c1-2-15-11(14)9-8(6-13)4-3-7(5-12)10(9)16/h3-4,16H,2,5H2,1H3. The normalized spacial score (nSPS) is 9.62. The van der Waals surface area contributed by atoms with E-state index < -0.39 is 5.97 Å². The van der Waals surface area contributed by atoms with E-state index in [1.165, 1.54) is 0 Å². The first-order valence-corrected chi connectivity index (χ1v) is 5.61. The predicted molar refractivity (Wildman–Crippen MR) is 63.9 cm³/mol. The van der Waals surface area contributed by atoms with Gasteiger partial charge in [-0.25, -0.2) is 4.79 Å². The molecule has 5 heteroatoms. The number of ether oxygens (including phenoxy) is 1. The topological polar surface area (TPSA) is 50.1 Å². The Bertz CT molecular complexity index is 454. The van der Waals surface area contributed by atoms with E-state index in [1.807, 2.05) is 6.07 Å². The highest BCUT2D eigenvalue weighted by Gasteiger charge is 2.18. The van der Waals surface area contributed by atoms with Gasteiger partial charge in [0.05, 0.1) is 17.7 Å². The van der Waals surface area contributed by atoms with E-state index in [2.05, 4.69) is 12.6 Å². The van der Waals surface area contributed by atoms with Gasteiger partial charge in [-0.3, -0.25) is 0 Å². The lowest BCUT2D eigenvalue weighted by molar-refractivity contribution is 0.0522. The van der Waals surface area contributed by atoms with Crippen molar-refractivity contribution in [2.24, 2.45) is 0 Å². The third-order valence-corrected chi connectivity index (χ3v) is 2.80. The van der Waals surface area contributed by atoms with Crippen molar-refractivity contribution in [2.45, 2.75) is 17.7 Å². The summed E-state index contributed by atoms with van der Waals surface area (Å²) >= 11 is 9.91. The number of carbonyl (C=O) groups excluding carboxylic acids is 1. The molecule has 0 aliphatic rings. The molecule has 1 aromatic carbocycles. The van der Waals surface area contributed by atoms with E-state index in [9.17, 15) is 4.79 Å². The van der Waals surface area contributed by atoms with Crippen LogP contribution >= 0.6 is 24.2 Å². The maximum atomic E-state index is 11.6. The quantitative estimate of drug-likeness (QED) is 0.513. The summed E-state index contributed by atoms with van der Waals surface area (Å²) in [7, 11) is 0. The Labute approximate surface area is 104 Å². The van der Waals surface area contributed by atoms with Gasteiger partial charge in [-0.1, -0.05) is 6.07 Å². The van der Waals surface area contributed by atoms with Gasteiger partial charge in [-0.05, 0) is 18.6 Å². The van der Waals surface area contributed by atoms with Crippen LogP contribution in [0, 0.1) is 11.3 Å². The SMILES string of the molecule is CCOC(=O)c1c(C#N)ccc(CCl)c1S. The number of hydrogen-bond donors (Lipinski definition) is 1. The Kier molecular flexibility index (Phi) is 4.66. The van der Waals surface area contributed by atoms with Crippen molar-refractivity contribution < 1.29 is 9.53 Å². The van der Waals surface area contributed by atoms with E-state index in [1.54, 1.807) is 19.1 Å². The second-order valence-corrected chi connectivity index (χ2v) is 3.68. The number of benzene rings is 1. The number of rotatable bonds is 3. The minimum absolute atomic E-state index is 0.186. The van der Waals surface area contributed by atoms with Gasteiger partial charge in [0.15, 0.2) is 0 Å². The van der Waals surface area contributed by atoms with Crippen molar-refractivity contribution in [1.29, 1.82) is 5.26 Å². The molecular weight excluding hydrogens is 246 g/mol. The molecule has 3 nitrogen and oxygen atoms in total. The van der Waals surface area contributed by atoms with Gasteiger partial charge < -0.3 is 4.74 Å². The van der Waals surface area contributed by atoms with E-state index in [-0.39, 0.29) is 23.6 Å². The summed E-state index contributed by atoms with van der Waals surface area (Å²) in [5.74, 6) is -0.312. The lowest BCUT2D eigenvalue weighted by Gasteiger charge is -2.09. The first kappa shape index (κ1) is 12.9. The summed E-state index contributed by atoms with van der Waals surface area (Å²) < 4.78 is 4.87. The Morgan fingerprint density at radius 2 is 2.31 bits per heavy atom. The molecule has 0 fully saturated rings. The number of alkyl halides is 1. The van der Waals surface area contributed by atoms with Crippen LogP contribution in [-0.4, -0.2) is 12.6 Å². The number of carbonyl (C=O) groups is 1. The Morgan fingerprint density at radius 3 is 2.81 bits per heavy atom. The number of halogens is 1. The molecule has 1 rings (SSSR count). The van der Waals surface area contributed by atoms with Crippen molar-refractivity contribution >= 4 is 30.2 Å². The van der Waals surface area contributed by atoms with Gasteiger partial charge in [-0.2, -0.15) is 5.26 Å². The molecule has 0 atom stereocenters. The Morgan fingerprint density at radius 1 is 1.62 bits per heavy atom. The molecular formula is C11H10ClNO2S. The van der Waals surface area contributed by atoms with E-state index in [4.69, 9.17) is 21.6 Å². The highest BCUT2D eigenvalue weighted by atomic mass is 35.5. The van der Waals surface area contributed by atoms with Crippen LogP contribution in [0.3, 0.4) is 0 Å². The molecule has 0 aliphatic carbocycles.